The van der Waals surface area contributed by atoms with Crippen molar-refractivity contribution in [2.45, 2.75) is 20.8 Å². The fourth-order valence-corrected chi connectivity index (χ4v) is 2.27. The van der Waals surface area contributed by atoms with E-state index in [0.717, 1.165) is 36.4 Å². The second-order valence-corrected chi connectivity index (χ2v) is 5.18. The zero-order chi connectivity index (χ0) is 15.1. The molecule has 0 unspecified atom stereocenters. The van der Waals surface area contributed by atoms with Gasteiger partial charge in [0.2, 0.25) is 0 Å². The van der Waals surface area contributed by atoms with Crippen LogP contribution in [0, 0.1) is 6.92 Å². The van der Waals surface area contributed by atoms with Crippen molar-refractivity contribution >= 4 is 11.6 Å². The van der Waals surface area contributed by atoms with Crippen LogP contribution in [0.15, 0.2) is 18.2 Å². The zero-order valence-corrected chi connectivity index (χ0v) is 13.4. The van der Waals surface area contributed by atoms with Crippen molar-refractivity contribution in [2.24, 2.45) is 0 Å². The van der Waals surface area contributed by atoms with Crippen LogP contribution in [0.2, 0.25) is 0 Å². The molecule has 0 aliphatic heterocycles. The molecule has 0 saturated carbocycles. The zero-order valence-electron chi connectivity index (χ0n) is 13.4. The monoisotopic (exact) mass is 277 g/mol. The van der Waals surface area contributed by atoms with Crippen molar-refractivity contribution in [3.8, 4) is 0 Å². The van der Waals surface area contributed by atoms with E-state index in [1.807, 2.05) is 39.2 Å². The average molecular weight is 277 g/mol. The summed E-state index contributed by atoms with van der Waals surface area (Å²) < 4.78 is 0. The van der Waals surface area contributed by atoms with E-state index in [1.165, 1.54) is 0 Å². The first-order valence-corrected chi connectivity index (χ1v) is 7.28. The van der Waals surface area contributed by atoms with Gasteiger partial charge in [-0.05, 0) is 43.8 Å². The minimum Gasteiger partial charge on any atom is -0.377 e. The number of amides is 1. The average Bonchev–Trinajstić information content (AvgIpc) is 2.42. The summed E-state index contributed by atoms with van der Waals surface area (Å²) in [5, 5.41) is 2.98. The third-order valence-corrected chi connectivity index (χ3v) is 3.55. The quantitative estimate of drug-likeness (QED) is 0.829. The lowest BCUT2D eigenvalue weighted by Crippen LogP contribution is -2.34. The molecule has 112 valence electrons. The van der Waals surface area contributed by atoms with E-state index in [4.69, 9.17) is 0 Å². The molecule has 0 atom stereocenters. The van der Waals surface area contributed by atoms with Crippen LogP contribution in [-0.2, 0) is 0 Å². The van der Waals surface area contributed by atoms with Crippen molar-refractivity contribution in [1.29, 1.82) is 0 Å². The highest BCUT2D eigenvalue weighted by Crippen LogP contribution is 2.18. The first-order chi connectivity index (χ1) is 9.49. The maximum atomic E-state index is 12.1. The number of carbonyl (C=O) groups is 1. The standard InChI is InChI=1S/C16H27N3O/c1-6-19(7-2)11-10-17-16(20)14-8-9-15(18(4)5)13(3)12-14/h8-9,12H,6-7,10-11H2,1-5H3,(H,17,20). The summed E-state index contributed by atoms with van der Waals surface area (Å²) >= 11 is 0. The van der Waals surface area contributed by atoms with Crippen LogP contribution in [0.3, 0.4) is 0 Å². The number of hydrogen-bond acceptors (Lipinski definition) is 3. The molecule has 1 rings (SSSR count). The maximum absolute atomic E-state index is 12.1. The van der Waals surface area contributed by atoms with E-state index < -0.39 is 0 Å². The molecular formula is C16H27N3O. The van der Waals surface area contributed by atoms with Gasteiger partial charge in [0.1, 0.15) is 0 Å². The summed E-state index contributed by atoms with van der Waals surface area (Å²) in [6.07, 6.45) is 0. The molecular weight excluding hydrogens is 250 g/mol. The molecule has 0 saturated heterocycles. The van der Waals surface area contributed by atoms with E-state index in [9.17, 15) is 4.79 Å². The second-order valence-electron chi connectivity index (χ2n) is 5.18. The van der Waals surface area contributed by atoms with Crippen LogP contribution >= 0.6 is 0 Å². The summed E-state index contributed by atoms with van der Waals surface area (Å²) in [5.41, 5.74) is 2.99. The Bertz CT molecular complexity index is 439. The van der Waals surface area contributed by atoms with Gasteiger partial charge in [-0.3, -0.25) is 4.79 Å². The van der Waals surface area contributed by atoms with E-state index in [0.29, 0.717) is 6.54 Å². The lowest BCUT2D eigenvalue weighted by atomic mass is 10.1. The maximum Gasteiger partial charge on any atom is 0.251 e. The Morgan fingerprint density at radius 1 is 1.20 bits per heavy atom. The fourth-order valence-electron chi connectivity index (χ4n) is 2.27. The number of anilines is 1. The number of nitrogens with zero attached hydrogens (tertiary/aromatic N) is 2. The predicted octanol–water partition coefficient (Wildman–Crippen LogP) is 2.13. The second kappa shape index (κ2) is 7.90. The van der Waals surface area contributed by atoms with Crippen LogP contribution < -0.4 is 10.2 Å². The van der Waals surface area contributed by atoms with Gasteiger partial charge in [0.25, 0.3) is 5.91 Å². The van der Waals surface area contributed by atoms with Gasteiger partial charge >= 0.3 is 0 Å². The van der Waals surface area contributed by atoms with Gasteiger partial charge in [0.15, 0.2) is 0 Å². The first-order valence-electron chi connectivity index (χ1n) is 7.28. The molecule has 0 fully saturated rings. The Morgan fingerprint density at radius 3 is 2.35 bits per heavy atom. The molecule has 4 nitrogen and oxygen atoms in total. The number of aryl methyl sites for hydroxylation is 1. The third-order valence-electron chi connectivity index (χ3n) is 3.55. The molecule has 1 N–H and O–H groups in total. The number of rotatable bonds is 7. The summed E-state index contributed by atoms with van der Waals surface area (Å²) in [6, 6.07) is 5.83. The van der Waals surface area contributed by atoms with Crippen molar-refractivity contribution in [1.82, 2.24) is 10.2 Å². The van der Waals surface area contributed by atoms with Gasteiger partial charge in [-0.2, -0.15) is 0 Å². The van der Waals surface area contributed by atoms with Gasteiger partial charge < -0.3 is 15.1 Å². The van der Waals surface area contributed by atoms with Crippen LogP contribution in [0.25, 0.3) is 0 Å². The lowest BCUT2D eigenvalue weighted by Gasteiger charge is -2.18. The molecule has 0 heterocycles. The fraction of sp³-hybridized carbons (Fsp3) is 0.562. The lowest BCUT2D eigenvalue weighted by molar-refractivity contribution is 0.0949. The van der Waals surface area contributed by atoms with Gasteiger partial charge in [0, 0.05) is 38.4 Å². The van der Waals surface area contributed by atoms with Gasteiger partial charge in [0.05, 0.1) is 0 Å². The van der Waals surface area contributed by atoms with E-state index in [2.05, 4.69) is 29.0 Å². The molecule has 1 amide bonds. The van der Waals surface area contributed by atoms with Gasteiger partial charge in [-0.15, -0.1) is 0 Å². The number of hydrogen-bond donors (Lipinski definition) is 1. The Balaban J connectivity index is 2.58. The van der Waals surface area contributed by atoms with E-state index in [-0.39, 0.29) is 5.91 Å². The molecule has 4 heteroatoms. The van der Waals surface area contributed by atoms with Crippen LogP contribution in [0.1, 0.15) is 29.8 Å². The number of nitrogens with one attached hydrogen (secondary N) is 1. The molecule has 1 aromatic carbocycles. The summed E-state index contributed by atoms with van der Waals surface area (Å²) in [6.45, 7) is 9.92. The molecule has 20 heavy (non-hydrogen) atoms. The Labute approximate surface area is 122 Å². The van der Waals surface area contributed by atoms with Crippen LogP contribution in [0.5, 0.6) is 0 Å². The normalized spacial score (nSPS) is 10.7. The van der Waals surface area contributed by atoms with Gasteiger partial charge in [-0.25, -0.2) is 0 Å². The molecule has 0 bridgehead atoms. The highest BCUT2D eigenvalue weighted by atomic mass is 16.1. The summed E-state index contributed by atoms with van der Waals surface area (Å²) in [4.78, 5) is 16.4. The van der Waals surface area contributed by atoms with Gasteiger partial charge in [-0.1, -0.05) is 13.8 Å². The minimum absolute atomic E-state index is 0.00515. The molecule has 1 aromatic rings. The molecule has 0 aromatic heterocycles. The van der Waals surface area contributed by atoms with Crippen molar-refractivity contribution < 1.29 is 4.79 Å². The Hall–Kier alpha value is -1.55. The van der Waals surface area contributed by atoms with Crippen molar-refractivity contribution in [3.05, 3.63) is 29.3 Å². The summed E-state index contributed by atoms with van der Waals surface area (Å²) in [7, 11) is 4.01. The number of likely N-dealkylation sites (N-methyl/N-ethyl adjacent to an activating group) is 1. The first kappa shape index (κ1) is 16.5. The van der Waals surface area contributed by atoms with E-state index >= 15 is 0 Å². The predicted molar refractivity (Wildman–Crippen MR) is 85.6 cm³/mol. The summed E-state index contributed by atoms with van der Waals surface area (Å²) in [5.74, 6) is 0.00515. The molecule has 0 aliphatic carbocycles. The Kier molecular flexibility index (Phi) is 6.52. The largest absolute Gasteiger partial charge is 0.377 e. The highest BCUT2D eigenvalue weighted by molar-refractivity contribution is 5.94. The smallest absolute Gasteiger partial charge is 0.251 e. The van der Waals surface area contributed by atoms with Crippen LogP contribution in [-0.4, -0.2) is 51.1 Å². The molecule has 0 aliphatic rings. The SMILES string of the molecule is CCN(CC)CCNC(=O)c1ccc(N(C)C)c(C)c1. The Morgan fingerprint density at radius 2 is 1.85 bits per heavy atom. The third kappa shape index (κ3) is 4.53. The van der Waals surface area contributed by atoms with E-state index in [1.54, 1.807) is 0 Å². The van der Waals surface area contributed by atoms with Crippen LogP contribution in [0.4, 0.5) is 5.69 Å². The molecule has 0 radical (unpaired) electrons. The number of carbonyl (C=O) groups excluding carboxylic acids is 1. The van der Waals surface area contributed by atoms with Crippen molar-refractivity contribution in [2.75, 3.05) is 45.2 Å². The molecule has 0 spiro atoms. The topological polar surface area (TPSA) is 35.6 Å². The van der Waals surface area contributed by atoms with Crippen molar-refractivity contribution in [3.63, 3.8) is 0 Å². The number of benzene rings is 1. The highest BCUT2D eigenvalue weighted by Gasteiger charge is 2.08. The minimum atomic E-state index is 0.00515.